The Hall–Kier alpha value is -2.25. The van der Waals surface area contributed by atoms with Crippen LogP contribution in [-0.2, 0) is 10.0 Å². The maximum atomic E-state index is 12.4. The topological polar surface area (TPSA) is 79.8 Å². The molecule has 1 heterocycles. The number of amidine groups is 1. The standard InChI is InChI=1S/C16H16ClN3O3S/c1-23-15-7-6-13(10-14(15)17)24(21,22)20-12-4-2-11(3-5-12)16-18-8-9-19-16/h2-7,10,20H,8-9H2,1H3,(H,18,19). The number of halogens is 1. The maximum Gasteiger partial charge on any atom is 0.261 e. The molecule has 0 fully saturated rings. The number of ether oxygens (including phenoxy) is 1. The molecular weight excluding hydrogens is 350 g/mol. The van der Waals surface area contributed by atoms with Gasteiger partial charge in [0.15, 0.2) is 0 Å². The molecule has 2 aromatic carbocycles. The first-order chi connectivity index (χ1) is 11.5. The number of rotatable bonds is 5. The Morgan fingerprint density at radius 1 is 1.21 bits per heavy atom. The number of nitrogens with one attached hydrogen (secondary N) is 2. The fourth-order valence-corrected chi connectivity index (χ4v) is 3.72. The summed E-state index contributed by atoms with van der Waals surface area (Å²) in [7, 11) is -2.26. The van der Waals surface area contributed by atoms with Gasteiger partial charge in [-0.3, -0.25) is 9.71 Å². The summed E-state index contributed by atoms with van der Waals surface area (Å²) >= 11 is 5.99. The summed E-state index contributed by atoms with van der Waals surface area (Å²) < 4.78 is 32.5. The molecule has 3 rings (SSSR count). The third-order valence-corrected chi connectivity index (χ3v) is 5.19. The summed E-state index contributed by atoms with van der Waals surface area (Å²) in [5.41, 5.74) is 1.38. The van der Waals surface area contributed by atoms with E-state index in [0.29, 0.717) is 11.4 Å². The quantitative estimate of drug-likeness (QED) is 0.853. The number of sulfonamides is 1. The third-order valence-electron chi connectivity index (χ3n) is 3.52. The van der Waals surface area contributed by atoms with Gasteiger partial charge in [0.2, 0.25) is 0 Å². The van der Waals surface area contributed by atoms with Crippen molar-refractivity contribution < 1.29 is 13.2 Å². The first-order valence-corrected chi connectivity index (χ1v) is 9.11. The van der Waals surface area contributed by atoms with Crippen LogP contribution in [0.4, 0.5) is 5.69 Å². The van der Waals surface area contributed by atoms with Crippen LogP contribution < -0.4 is 14.8 Å². The minimum Gasteiger partial charge on any atom is -0.495 e. The lowest BCUT2D eigenvalue weighted by atomic mass is 10.2. The van der Waals surface area contributed by atoms with Crippen LogP contribution in [0, 0.1) is 0 Å². The van der Waals surface area contributed by atoms with Gasteiger partial charge in [-0.15, -0.1) is 0 Å². The summed E-state index contributed by atoms with van der Waals surface area (Å²) in [6.45, 7) is 1.57. The van der Waals surface area contributed by atoms with Gasteiger partial charge >= 0.3 is 0 Å². The van der Waals surface area contributed by atoms with Gasteiger partial charge in [0.25, 0.3) is 10.0 Å². The van der Waals surface area contributed by atoms with Gasteiger partial charge in [0, 0.05) is 17.8 Å². The number of hydrogen-bond acceptors (Lipinski definition) is 5. The fourth-order valence-electron chi connectivity index (χ4n) is 2.32. The minimum absolute atomic E-state index is 0.0687. The van der Waals surface area contributed by atoms with Crippen molar-refractivity contribution in [3.8, 4) is 5.75 Å². The van der Waals surface area contributed by atoms with Gasteiger partial charge < -0.3 is 10.1 Å². The van der Waals surface area contributed by atoms with Gasteiger partial charge in [0.05, 0.1) is 23.6 Å². The summed E-state index contributed by atoms with van der Waals surface area (Å²) in [5, 5.41) is 3.41. The van der Waals surface area contributed by atoms with Crippen LogP contribution in [0.3, 0.4) is 0 Å². The maximum absolute atomic E-state index is 12.4. The molecule has 0 saturated carbocycles. The number of hydrogen-bond donors (Lipinski definition) is 2. The SMILES string of the molecule is COc1ccc(S(=O)(=O)Nc2ccc(C3=NCCN3)cc2)cc1Cl. The molecule has 1 aliphatic rings. The van der Waals surface area contributed by atoms with Gasteiger partial charge in [0.1, 0.15) is 11.6 Å². The lowest BCUT2D eigenvalue weighted by Gasteiger charge is -2.10. The van der Waals surface area contributed by atoms with Gasteiger partial charge in [-0.05, 0) is 42.5 Å². The molecule has 0 atom stereocenters. The summed E-state index contributed by atoms with van der Waals surface area (Å²) in [4.78, 5) is 4.39. The summed E-state index contributed by atoms with van der Waals surface area (Å²) in [5.74, 6) is 1.25. The number of nitrogens with zero attached hydrogens (tertiary/aromatic N) is 1. The molecule has 8 heteroatoms. The van der Waals surface area contributed by atoms with Crippen LogP contribution >= 0.6 is 11.6 Å². The average molecular weight is 366 g/mol. The minimum atomic E-state index is -3.73. The van der Waals surface area contributed by atoms with Crippen molar-refractivity contribution in [2.24, 2.45) is 4.99 Å². The lowest BCUT2D eigenvalue weighted by Crippen LogP contribution is -2.19. The Morgan fingerprint density at radius 3 is 2.54 bits per heavy atom. The Bertz CT molecular complexity index is 880. The van der Waals surface area contributed by atoms with Crippen LogP contribution in [0.5, 0.6) is 5.75 Å². The highest BCUT2D eigenvalue weighted by Crippen LogP contribution is 2.27. The Morgan fingerprint density at radius 2 is 1.96 bits per heavy atom. The molecule has 0 radical (unpaired) electrons. The number of benzene rings is 2. The predicted octanol–water partition coefficient (Wildman–Crippen LogP) is 2.50. The Labute approximate surface area is 145 Å². The molecule has 0 unspecified atom stereocenters. The normalized spacial score (nSPS) is 14.0. The molecule has 0 spiro atoms. The van der Waals surface area contributed by atoms with E-state index in [4.69, 9.17) is 16.3 Å². The first-order valence-electron chi connectivity index (χ1n) is 7.25. The molecule has 0 aromatic heterocycles. The van der Waals surface area contributed by atoms with Crippen molar-refractivity contribution in [2.45, 2.75) is 4.90 Å². The van der Waals surface area contributed by atoms with E-state index in [-0.39, 0.29) is 9.92 Å². The largest absolute Gasteiger partial charge is 0.495 e. The van der Waals surface area contributed by atoms with E-state index in [1.54, 1.807) is 12.1 Å². The van der Waals surface area contributed by atoms with Crippen molar-refractivity contribution in [1.29, 1.82) is 0 Å². The van der Waals surface area contributed by atoms with Crippen molar-refractivity contribution in [3.05, 3.63) is 53.1 Å². The molecule has 1 aliphatic heterocycles. The van der Waals surface area contributed by atoms with Gasteiger partial charge in [-0.1, -0.05) is 11.6 Å². The Balaban J connectivity index is 1.80. The molecule has 2 N–H and O–H groups in total. The highest BCUT2D eigenvalue weighted by atomic mass is 35.5. The highest BCUT2D eigenvalue weighted by molar-refractivity contribution is 7.92. The average Bonchev–Trinajstić information content (AvgIpc) is 3.09. The molecule has 0 amide bonds. The molecule has 2 aromatic rings. The van der Waals surface area contributed by atoms with Crippen molar-refractivity contribution in [3.63, 3.8) is 0 Å². The molecule has 24 heavy (non-hydrogen) atoms. The third kappa shape index (κ3) is 3.47. The highest BCUT2D eigenvalue weighted by Gasteiger charge is 2.16. The van der Waals surface area contributed by atoms with Crippen LogP contribution in [0.1, 0.15) is 5.56 Å². The van der Waals surface area contributed by atoms with E-state index in [1.807, 2.05) is 12.1 Å². The zero-order valence-corrected chi connectivity index (χ0v) is 14.5. The van der Waals surface area contributed by atoms with E-state index in [1.165, 1.54) is 25.3 Å². The van der Waals surface area contributed by atoms with Gasteiger partial charge in [-0.25, -0.2) is 8.42 Å². The summed E-state index contributed by atoms with van der Waals surface area (Å²) in [6.07, 6.45) is 0. The molecule has 6 nitrogen and oxygen atoms in total. The molecule has 0 aliphatic carbocycles. The number of anilines is 1. The smallest absolute Gasteiger partial charge is 0.261 e. The second-order valence-electron chi connectivity index (χ2n) is 5.14. The molecule has 126 valence electrons. The second-order valence-corrected chi connectivity index (χ2v) is 7.23. The second kappa shape index (κ2) is 6.70. The van der Waals surface area contributed by atoms with Crippen LogP contribution in [0.15, 0.2) is 52.4 Å². The van der Waals surface area contributed by atoms with Gasteiger partial charge in [-0.2, -0.15) is 0 Å². The van der Waals surface area contributed by atoms with Crippen LogP contribution in [-0.4, -0.2) is 34.5 Å². The Kier molecular flexibility index (Phi) is 4.64. The summed E-state index contributed by atoms with van der Waals surface area (Å²) in [6, 6.07) is 11.3. The van der Waals surface area contributed by atoms with Crippen LogP contribution in [0.25, 0.3) is 0 Å². The zero-order chi connectivity index (χ0) is 17.2. The van der Waals surface area contributed by atoms with E-state index in [0.717, 1.165) is 24.5 Å². The lowest BCUT2D eigenvalue weighted by molar-refractivity contribution is 0.414. The first kappa shape index (κ1) is 16.6. The fraction of sp³-hybridized carbons (Fsp3) is 0.188. The molecule has 0 saturated heterocycles. The van der Waals surface area contributed by atoms with E-state index >= 15 is 0 Å². The number of aliphatic imine (C=N–C) groups is 1. The zero-order valence-electron chi connectivity index (χ0n) is 12.9. The van der Waals surface area contributed by atoms with Crippen molar-refractivity contribution in [1.82, 2.24) is 5.32 Å². The predicted molar refractivity (Wildman–Crippen MR) is 94.7 cm³/mol. The number of methoxy groups -OCH3 is 1. The van der Waals surface area contributed by atoms with Crippen molar-refractivity contribution >= 4 is 33.1 Å². The van der Waals surface area contributed by atoms with Crippen molar-refractivity contribution in [2.75, 3.05) is 24.9 Å². The van der Waals surface area contributed by atoms with E-state index < -0.39 is 10.0 Å². The molecule has 0 bridgehead atoms. The monoisotopic (exact) mass is 365 g/mol. The molecular formula is C16H16ClN3O3S. The van der Waals surface area contributed by atoms with E-state index in [9.17, 15) is 8.42 Å². The van der Waals surface area contributed by atoms with Crippen LogP contribution in [0.2, 0.25) is 5.02 Å². The van der Waals surface area contributed by atoms with E-state index in [2.05, 4.69) is 15.0 Å².